The highest BCUT2D eigenvalue weighted by Gasteiger charge is 2.15. The molecule has 1 unspecified atom stereocenters. The Kier molecular flexibility index (Phi) is 5.34. The number of nitrogens with one attached hydrogen (secondary N) is 1. The van der Waals surface area contributed by atoms with Gasteiger partial charge in [0.25, 0.3) is 0 Å². The number of likely N-dealkylation sites (N-methyl/N-ethyl adjacent to an activating group) is 1. The predicted molar refractivity (Wildman–Crippen MR) is 84.2 cm³/mol. The average Bonchev–Trinajstić information content (AvgIpc) is 2.48. The average molecular weight is 287 g/mol. The molecule has 0 fully saturated rings. The summed E-state index contributed by atoms with van der Waals surface area (Å²) in [5.74, 6) is 0.655. The van der Waals surface area contributed by atoms with E-state index in [2.05, 4.69) is 18.3 Å². The van der Waals surface area contributed by atoms with Gasteiger partial charge in [-0.2, -0.15) is 0 Å². The highest BCUT2D eigenvalue weighted by Crippen LogP contribution is 2.23. The minimum atomic E-state index is -0.201. The second-order valence-electron chi connectivity index (χ2n) is 5.14. The SMILES string of the molecule is CCNC(COc1cccc(C)c1C)c1ccccc1F. The zero-order chi connectivity index (χ0) is 15.2. The summed E-state index contributed by atoms with van der Waals surface area (Å²) in [7, 11) is 0. The van der Waals surface area contributed by atoms with Gasteiger partial charge in [0.1, 0.15) is 18.2 Å². The first kappa shape index (κ1) is 15.5. The molecule has 0 heterocycles. The molecule has 3 heteroatoms. The van der Waals surface area contributed by atoms with Crippen LogP contribution in [0.4, 0.5) is 4.39 Å². The van der Waals surface area contributed by atoms with Gasteiger partial charge in [-0.15, -0.1) is 0 Å². The van der Waals surface area contributed by atoms with E-state index in [1.807, 2.05) is 32.0 Å². The van der Waals surface area contributed by atoms with Crippen LogP contribution >= 0.6 is 0 Å². The van der Waals surface area contributed by atoms with E-state index in [1.165, 1.54) is 11.6 Å². The van der Waals surface area contributed by atoms with Crippen LogP contribution in [0, 0.1) is 19.7 Å². The lowest BCUT2D eigenvalue weighted by Gasteiger charge is -2.20. The minimum Gasteiger partial charge on any atom is -0.491 e. The van der Waals surface area contributed by atoms with Gasteiger partial charge in [0.05, 0.1) is 6.04 Å². The zero-order valence-electron chi connectivity index (χ0n) is 12.8. The van der Waals surface area contributed by atoms with Crippen LogP contribution in [-0.4, -0.2) is 13.2 Å². The lowest BCUT2D eigenvalue weighted by molar-refractivity contribution is 0.263. The third-order valence-electron chi connectivity index (χ3n) is 3.69. The van der Waals surface area contributed by atoms with Crippen molar-refractivity contribution in [2.75, 3.05) is 13.2 Å². The molecule has 1 atom stereocenters. The van der Waals surface area contributed by atoms with E-state index in [0.29, 0.717) is 12.2 Å². The molecular weight excluding hydrogens is 265 g/mol. The van der Waals surface area contributed by atoms with E-state index >= 15 is 0 Å². The van der Waals surface area contributed by atoms with Gasteiger partial charge in [-0.3, -0.25) is 0 Å². The highest BCUT2D eigenvalue weighted by atomic mass is 19.1. The number of benzene rings is 2. The van der Waals surface area contributed by atoms with E-state index in [0.717, 1.165) is 17.9 Å². The first-order valence-electron chi connectivity index (χ1n) is 7.30. The van der Waals surface area contributed by atoms with Crippen molar-refractivity contribution in [2.24, 2.45) is 0 Å². The summed E-state index contributed by atoms with van der Waals surface area (Å²) in [6, 6.07) is 12.7. The molecular formula is C18H22FNO. The van der Waals surface area contributed by atoms with Crippen molar-refractivity contribution < 1.29 is 9.13 Å². The van der Waals surface area contributed by atoms with Crippen LogP contribution in [0.15, 0.2) is 42.5 Å². The fraction of sp³-hybridized carbons (Fsp3) is 0.333. The van der Waals surface area contributed by atoms with Crippen LogP contribution in [-0.2, 0) is 0 Å². The lowest BCUT2D eigenvalue weighted by Crippen LogP contribution is -2.27. The van der Waals surface area contributed by atoms with Crippen LogP contribution in [0.3, 0.4) is 0 Å². The van der Waals surface area contributed by atoms with Crippen LogP contribution in [0.25, 0.3) is 0 Å². The van der Waals surface area contributed by atoms with Crippen molar-refractivity contribution in [3.63, 3.8) is 0 Å². The second kappa shape index (κ2) is 7.23. The van der Waals surface area contributed by atoms with Crippen LogP contribution in [0.1, 0.15) is 29.7 Å². The molecule has 0 spiro atoms. The van der Waals surface area contributed by atoms with Gasteiger partial charge >= 0.3 is 0 Å². The Labute approximate surface area is 126 Å². The monoisotopic (exact) mass is 287 g/mol. The topological polar surface area (TPSA) is 21.3 Å². The number of ether oxygens (including phenoxy) is 1. The Hall–Kier alpha value is -1.87. The van der Waals surface area contributed by atoms with E-state index in [-0.39, 0.29) is 11.9 Å². The van der Waals surface area contributed by atoms with Gasteiger partial charge in [0, 0.05) is 5.56 Å². The van der Waals surface area contributed by atoms with Crippen molar-refractivity contribution in [2.45, 2.75) is 26.8 Å². The molecule has 112 valence electrons. The Bertz CT molecular complexity index is 598. The maximum Gasteiger partial charge on any atom is 0.128 e. The van der Waals surface area contributed by atoms with E-state index in [1.54, 1.807) is 12.1 Å². The zero-order valence-corrected chi connectivity index (χ0v) is 12.8. The molecule has 0 aromatic heterocycles. The van der Waals surface area contributed by atoms with Gasteiger partial charge < -0.3 is 10.1 Å². The van der Waals surface area contributed by atoms with Crippen molar-refractivity contribution in [1.29, 1.82) is 0 Å². The first-order chi connectivity index (χ1) is 10.1. The second-order valence-corrected chi connectivity index (χ2v) is 5.14. The molecule has 0 amide bonds. The van der Waals surface area contributed by atoms with Gasteiger partial charge in [0.15, 0.2) is 0 Å². The molecule has 2 aromatic rings. The number of hydrogen-bond donors (Lipinski definition) is 1. The Morgan fingerprint density at radius 2 is 1.86 bits per heavy atom. The van der Waals surface area contributed by atoms with E-state index in [9.17, 15) is 4.39 Å². The van der Waals surface area contributed by atoms with Gasteiger partial charge in [-0.1, -0.05) is 37.3 Å². The quantitative estimate of drug-likeness (QED) is 0.861. The summed E-state index contributed by atoms with van der Waals surface area (Å²) >= 11 is 0. The molecule has 0 aliphatic rings. The summed E-state index contributed by atoms with van der Waals surface area (Å²) < 4.78 is 19.8. The fourth-order valence-corrected chi connectivity index (χ4v) is 2.32. The fourth-order valence-electron chi connectivity index (χ4n) is 2.32. The maximum atomic E-state index is 13.9. The number of aryl methyl sites for hydroxylation is 1. The number of halogens is 1. The predicted octanol–water partition coefficient (Wildman–Crippen LogP) is 4.17. The van der Waals surface area contributed by atoms with E-state index in [4.69, 9.17) is 4.74 Å². The molecule has 0 saturated carbocycles. The van der Waals surface area contributed by atoms with Gasteiger partial charge in [-0.25, -0.2) is 4.39 Å². The standard InChI is InChI=1S/C18H22FNO/c1-4-20-17(15-9-5-6-10-16(15)19)12-21-18-11-7-8-13(2)14(18)3/h5-11,17,20H,4,12H2,1-3H3. The summed E-state index contributed by atoms with van der Waals surface area (Å²) in [5, 5.41) is 3.28. The van der Waals surface area contributed by atoms with Crippen molar-refractivity contribution >= 4 is 0 Å². The summed E-state index contributed by atoms with van der Waals surface area (Å²) in [4.78, 5) is 0. The maximum absolute atomic E-state index is 13.9. The first-order valence-corrected chi connectivity index (χ1v) is 7.30. The van der Waals surface area contributed by atoms with E-state index < -0.39 is 0 Å². The minimum absolute atomic E-state index is 0.156. The molecule has 21 heavy (non-hydrogen) atoms. The molecule has 1 N–H and O–H groups in total. The largest absolute Gasteiger partial charge is 0.491 e. The van der Waals surface area contributed by atoms with Crippen molar-refractivity contribution in [1.82, 2.24) is 5.32 Å². The molecule has 2 nitrogen and oxygen atoms in total. The molecule has 2 aromatic carbocycles. The van der Waals surface area contributed by atoms with Gasteiger partial charge in [0.2, 0.25) is 0 Å². The van der Waals surface area contributed by atoms with Gasteiger partial charge in [-0.05, 0) is 43.7 Å². The summed E-state index contributed by atoms with van der Waals surface area (Å²) in [6.07, 6.45) is 0. The van der Waals surface area contributed by atoms with Crippen molar-refractivity contribution in [3.8, 4) is 5.75 Å². The smallest absolute Gasteiger partial charge is 0.128 e. The molecule has 0 aliphatic carbocycles. The van der Waals surface area contributed by atoms with Crippen LogP contribution in [0.2, 0.25) is 0 Å². The highest BCUT2D eigenvalue weighted by molar-refractivity contribution is 5.38. The molecule has 2 rings (SSSR count). The normalized spacial score (nSPS) is 12.2. The molecule has 0 aliphatic heterocycles. The van der Waals surface area contributed by atoms with Crippen LogP contribution in [0.5, 0.6) is 5.75 Å². The molecule has 0 radical (unpaired) electrons. The third kappa shape index (κ3) is 3.82. The molecule has 0 bridgehead atoms. The summed E-state index contributed by atoms with van der Waals surface area (Å²) in [6.45, 7) is 7.26. The summed E-state index contributed by atoms with van der Waals surface area (Å²) in [5.41, 5.74) is 2.96. The number of rotatable bonds is 6. The third-order valence-corrected chi connectivity index (χ3v) is 3.69. The Morgan fingerprint density at radius 1 is 1.10 bits per heavy atom. The Morgan fingerprint density at radius 3 is 2.57 bits per heavy atom. The van der Waals surface area contributed by atoms with Crippen LogP contribution < -0.4 is 10.1 Å². The molecule has 0 saturated heterocycles. The Balaban J connectivity index is 2.14. The number of hydrogen-bond acceptors (Lipinski definition) is 2. The van der Waals surface area contributed by atoms with Crippen molar-refractivity contribution in [3.05, 3.63) is 65.0 Å². The lowest BCUT2D eigenvalue weighted by atomic mass is 10.1.